The van der Waals surface area contributed by atoms with Crippen molar-refractivity contribution in [3.05, 3.63) is 68.4 Å². The fraction of sp³-hybridized carbons (Fsp3) is 0.200. The fourth-order valence-corrected chi connectivity index (χ4v) is 2.71. The van der Waals surface area contributed by atoms with Gasteiger partial charge in [0.1, 0.15) is 5.82 Å². The molecule has 2 rings (SSSR count). The predicted octanol–water partition coefficient (Wildman–Crippen LogP) is 5.29. The molecule has 1 nitrogen and oxygen atoms in total. The molecule has 0 bridgehead atoms. The van der Waals surface area contributed by atoms with Crippen LogP contribution in [-0.2, 0) is 6.42 Å². The Kier molecular flexibility index (Phi) is 5.28. The second kappa shape index (κ2) is 6.77. The molecule has 0 spiro atoms. The van der Waals surface area contributed by atoms with E-state index >= 15 is 0 Å². The quantitative estimate of drug-likeness (QED) is 0.802. The first-order valence-electron chi connectivity index (χ1n) is 6.08. The third kappa shape index (κ3) is 3.44. The molecule has 2 aromatic carbocycles. The van der Waals surface area contributed by atoms with E-state index in [2.05, 4.69) is 5.32 Å². The van der Waals surface area contributed by atoms with Gasteiger partial charge in [-0.1, -0.05) is 46.9 Å². The van der Waals surface area contributed by atoms with E-state index in [9.17, 15) is 4.39 Å². The van der Waals surface area contributed by atoms with E-state index in [1.54, 1.807) is 31.3 Å². The van der Waals surface area contributed by atoms with Gasteiger partial charge >= 0.3 is 0 Å². The van der Waals surface area contributed by atoms with Crippen LogP contribution in [0.4, 0.5) is 4.39 Å². The highest BCUT2D eigenvalue weighted by molar-refractivity contribution is 6.42. The molecule has 0 saturated heterocycles. The Hall–Kier alpha value is -0.800. The molecular formula is C15H13Cl3FN. The van der Waals surface area contributed by atoms with E-state index in [-0.39, 0.29) is 11.9 Å². The molecule has 1 unspecified atom stereocenters. The molecule has 0 aromatic heterocycles. The summed E-state index contributed by atoms with van der Waals surface area (Å²) in [4.78, 5) is 0. The molecule has 0 aliphatic rings. The van der Waals surface area contributed by atoms with Crippen LogP contribution in [0.1, 0.15) is 17.2 Å². The largest absolute Gasteiger partial charge is 0.313 e. The lowest BCUT2D eigenvalue weighted by Gasteiger charge is -2.19. The van der Waals surface area contributed by atoms with Crippen LogP contribution in [0.5, 0.6) is 0 Å². The summed E-state index contributed by atoms with van der Waals surface area (Å²) < 4.78 is 14.0. The summed E-state index contributed by atoms with van der Waals surface area (Å²) in [5, 5.41) is 4.47. The minimum Gasteiger partial charge on any atom is -0.313 e. The number of benzene rings is 2. The maximum Gasteiger partial charge on any atom is 0.129 e. The van der Waals surface area contributed by atoms with Crippen molar-refractivity contribution in [1.29, 1.82) is 0 Å². The van der Waals surface area contributed by atoms with Crippen LogP contribution < -0.4 is 5.32 Å². The average Bonchev–Trinajstić information content (AvgIpc) is 2.41. The van der Waals surface area contributed by atoms with Gasteiger partial charge in [0.05, 0.1) is 10.0 Å². The van der Waals surface area contributed by atoms with Gasteiger partial charge in [-0.3, -0.25) is 0 Å². The number of likely N-dealkylation sites (N-methyl/N-ethyl adjacent to an activating group) is 1. The van der Waals surface area contributed by atoms with Crippen molar-refractivity contribution in [3.8, 4) is 0 Å². The van der Waals surface area contributed by atoms with E-state index in [1.165, 1.54) is 6.07 Å². The summed E-state index contributed by atoms with van der Waals surface area (Å²) in [5.74, 6) is -0.322. The van der Waals surface area contributed by atoms with Crippen LogP contribution >= 0.6 is 34.8 Å². The summed E-state index contributed by atoms with van der Waals surface area (Å²) in [6, 6.07) is 9.82. The third-order valence-corrected chi connectivity index (χ3v) is 4.19. The molecule has 5 heteroatoms. The maximum atomic E-state index is 14.0. The van der Waals surface area contributed by atoms with Gasteiger partial charge in [-0.15, -0.1) is 0 Å². The van der Waals surface area contributed by atoms with Crippen LogP contribution in [0.15, 0.2) is 36.4 Å². The highest BCUT2D eigenvalue weighted by atomic mass is 35.5. The molecule has 1 N–H and O–H groups in total. The lowest BCUT2D eigenvalue weighted by molar-refractivity contribution is 0.534. The van der Waals surface area contributed by atoms with E-state index < -0.39 is 0 Å². The Morgan fingerprint density at radius 3 is 2.40 bits per heavy atom. The number of hydrogen-bond donors (Lipinski definition) is 1. The van der Waals surface area contributed by atoms with Crippen molar-refractivity contribution in [2.75, 3.05) is 7.05 Å². The first-order chi connectivity index (χ1) is 9.52. The molecule has 0 aliphatic carbocycles. The standard InChI is InChI=1S/C15H13Cl3FN/c1-20-14(15-11(17)3-2-4-13(15)19)8-9-5-6-10(16)12(18)7-9/h2-7,14,20H,8H2,1H3. The van der Waals surface area contributed by atoms with Crippen molar-refractivity contribution in [2.45, 2.75) is 12.5 Å². The van der Waals surface area contributed by atoms with Crippen molar-refractivity contribution in [3.63, 3.8) is 0 Å². The Labute approximate surface area is 132 Å². The van der Waals surface area contributed by atoms with Crippen molar-refractivity contribution >= 4 is 34.8 Å². The molecule has 106 valence electrons. The minimum absolute atomic E-state index is 0.235. The highest BCUT2D eigenvalue weighted by Gasteiger charge is 2.18. The first kappa shape index (κ1) is 15.6. The zero-order valence-corrected chi connectivity index (χ0v) is 13.0. The van der Waals surface area contributed by atoms with E-state index in [1.807, 2.05) is 6.07 Å². The van der Waals surface area contributed by atoms with Gasteiger partial charge in [0.2, 0.25) is 0 Å². The second-order valence-corrected chi connectivity index (χ2v) is 5.65. The molecule has 0 saturated carbocycles. The van der Waals surface area contributed by atoms with Crippen molar-refractivity contribution < 1.29 is 4.39 Å². The number of nitrogens with one attached hydrogen (secondary N) is 1. The normalized spacial score (nSPS) is 12.4. The molecular weight excluding hydrogens is 320 g/mol. The summed E-state index contributed by atoms with van der Waals surface area (Å²) in [6.45, 7) is 0. The molecule has 1 atom stereocenters. The lowest BCUT2D eigenvalue weighted by atomic mass is 9.98. The summed E-state index contributed by atoms with van der Waals surface area (Å²) in [6.07, 6.45) is 0.564. The molecule has 0 aliphatic heterocycles. The van der Waals surface area contributed by atoms with Crippen LogP contribution in [0.2, 0.25) is 15.1 Å². The minimum atomic E-state index is -0.322. The van der Waals surface area contributed by atoms with Gasteiger partial charge in [-0.05, 0) is 43.3 Å². The highest BCUT2D eigenvalue weighted by Crippen LogP contribution is 2.30. The van der Waals surface area contributed by atoms with Gasteiger partial charge in [0.25, 0.3) is 0 Å². The van der Waals surface area contributed by atoms with E-state index in [4.69, 9.17) is 34.8 Å². The Morgan fingerprint density at radius 2 is 1.80 bits per heavy atom. The van der Waals surface area contributed by atoms with Crippen LogP contribution in [0.25, 0.3) is 0 Å². The number of hydrogen-bond acceptors (Lipinski definition) is 1. The van der Waals surface area contributed by atoms with E-state index in [0.717, 1.165) is 5.56 Å². The average molecular weight is 333 g/mol. The Bertz CT molecular complexity index is 596. The molecule has 20 heavy (non-hydrogen) atoms. The zero-order valence-electron chi connectivity index (χ0n) is 10.8. The van der Waals surface area contributed by atoms with Crippen LogP contribution in [-0.4, -0.2) is 7.05 Å². The third-order valence-electron chi connectivity index (χ3n) is 3.12. The van der Waals surface area contributed by atoms with Crippen LogP contribution in [0, 0.1) is 5.82 Å². The predicted molar refractivity (Wildman–Crippen MR) is 83.4 cm³/mol. The second-order valence-electron chi connectivity index (χ2n) is 4.43. The molecule has 0 fully saturated rings. The van der Waals surface area contributed by atoms with Crippen LogP contribution in [0.3, 0.4) is 0 Å². The SMILES string of the molecule is CNC(Cc1ccc(Cl)c(Cl)c1)c1c(F)cccc1Cl. The molecule has 0 radical (unpaired) electrons. The molecule has 2 aromatic rings. The van der Waals surface area contributed by atoms with Gasteiger partial charge < -0.3 is 5.32 Å². The van der Waals surface area contributed by atoms with Crippen molar-refractivity contribution in [1.82, 2.24) is 5.32 Å². The summed E-state index contributed by atoms with van der Waals surface area (Å²) >= 11 is 18.0. The maximum absolute atomic E-state index is 14.0. The Morgan fingerprint density at radius 1 is 1.05 bits per heavy atom. The number of halogens is 4. The molecule has 0 amide bonds. The smallest absolute Gasteiger partial charge is 0.129 e. The zero-order chi connectivity index (χ0) is 14.7. The summed E-state index contributed by atoms with van der Waals surface area (Å²) in [5.41, 5.74) is 1.42. The van der Waals surface area contributed by atoms with Crippen molar-refractivity contribution in [2.24, 2.45) is 0 Å². The lowest BCUT2D eigenvalue weighted by Crippen LogP contribution is -2.20. The molecule has 0 heterocycles. The van der Waals surface area contributed by atoms with Gasteiger partial charge in [0.15, 0.2) is 0 Å². The summed E-state index contributed by atoms with van der Waals surface area (Å²) in [7, 11) is 1.77. The van der Waals surface area contributed by atoms with Gasteiger partial charge in [-0.2, -0.15) is 0 Å². The Balaban J connectivity index is 2.31. The monoisotopic (exact) mass is 331 g/mol. The number of rotatable bonds is 4. The van der Waals surface area contributed by atoms with E-state index in [0.29, 0.717) is 27.1 Å². The van der Waals surface area contributed by atoms with Gasteiger partial charge in [0, 0.05) is 16.6 Å². The topological polar surface area (TPSA) is 12.0 Å². The first-order valence-corrected chi connectivity index (χ1v) is 7.21. The fourth-order valence-electron chi connectivity index (χ4n) is 2.09. The van der Waals surface area contributed by atoms with Gasteiger partial charge in [-0.25, -0.2) is 4.39 Å².